The smallest absolute Gasteiger partial charge is 0.316 e. The summed E-state index contributed by atoms with van der Waals surface area (Å²) in [6, 6.07) is 3.03. The normalized spacial score (nSPS) is 23.1. The van der Waals surface area contributed by atoms with Gasteiger partial charge in [0.2, 0.25) is 0 Å². The fourth-order valence-corrected chi connectivity index (χ4v) is 3.79. The van der Waals surface area contributed by atoms with E-state index in [1.54, 1.807) is 6.07 Å². The molecule has 1 unspecified atom stereocenters. The summed E-state index contributed by atoms with van der Waals surface area (Å²) in [4.78, 5) is 4.04. The van der Waals surface area contributed by atoms with Gasteiger partial charge in [-0.15, -0.1) is 0 Å². The van der Waals surface area contributed by atoms with Crippen LogP contribution in [0.3, 0.4) is 0 Å². The van der Waals surface area contributed by atoms with Crippen molar-refractivity contribution in [2.24, 2.45) is 11.3 Å². The van der Waals surface area contributed by atoms with Crippen LogP contribution < -0.4 is 5.32 Å². The predicted molar refractivity (Wildman–Crippen MR) is 70.4 cm³/mol. The molecule has 2 fully saturated rings. The molecule has 1 aromatic rings. The van der Waals surface area contributed by atoms with Crippen LogP contribution in [0.4, 0.5) is 13.2 Å². The van der Waals surface area contributed by atoms with Gasteiger partial charge in [0.25, 0.3) is 0 Å². The second kappa shape index (κ2) is 4.80. The van der Waals surface area contributed by atoms with Gasteiger partial charge in [0.05, 0.1) is 0 Å². The zero-order valence-electron chi connectivity index (χ0n) is 10.8. The van der Waals surface area contributed by atoms with Crippen molar-refractivity contribution in [1.29, 1.82) is 4.78 Å². The molecule has 3 nitrogen and oxygen atoms in total. The first-order chi connectivity index (χ1) is 9.38. The van der Waals surface area contributed by atoms with Gasteiger partial charge in [-0.25, -0.2) is 0 Å². The third kappa shape index (κ3) is 2.61. The number of pyridine rings is 1. The molecule has 1 spiro atoms. The lowest BCUT2D eigenvalue weighted by molar-refractivity contribution is -0.0360. The van der Waals surface area contributed by atoms with Crippen molar-refractivity contribution in [2.45, 2.75) is 29.7 Å². The molecule has 0 aromatic carbocycles. The number of nitrogens with one attached hydrogen (secondary N) is 2. The van der Waals surface area contributed by atoms with Gasteiger partial charge in [-0.3, -0.25) is 9.76 Å². The Bertz CT molecular complexity index is 515. The van der Waals surface area contributed by atoms with E-state index in [1.165, 1.54) is 25.1 Å². The van der Waals surface area contributed by atoms with E-state index in [9.17, 15) is 13.2 Å². The van der Waals surface area contributed by atoms with E-state index in [4.69, 9.17) is 4.78 Å². The van der Waals surface area contributed by atoms with Crippen molar-refractivity contribution in [2.75, 3.05) is 13.1 Å². The third-order valence-electron chi connectivity index (χ3n) is 4.21. The van der Waals surface area contributed by atoms with Crippen LogP contribution >= 0.6 is 0 Å². The number of alkyl halides is 3. The number of hydrogen-bond acceptors (Lipinski definition) is 3. The second-order valence-corrected chi connectivity index (χ2v) is 7.37. The SMILES string of the molecule is N=S(c1ccc(CC2CC3(CNC3)C2)nc1)C(F)(F)F. The van der Waals surface area contributed by atoms with E-state index >= 15 is 0 Å². The van der Waals surface area contributed by atoms with Crippen LogP contribution in [0.25, 0.3) is 0 Å². The number of rotatable bonds is 3. The lowest BCUT2D eigenvalue weighted by Gasteiger charge is -2.54. The fourth-order valence-electron chi connectivity index (χ4n) is 3.16. The van der Waals surface area contributed by atoms with Gasteiger partial charge < -0.3 is 5.32 Å². The lowest BCUT2D eigenvalue weighted by Crippen LogP contribution is -2.60. The van der Waals surface area contributed by atoms with Crippen LogP contribution in [0, 0.1) is 16.1 Å². The summed E-state index contributed by atoms with van der Waals surface area (Å²) >= 11 is 0. The Kier molecular flexibility index (Phi) is 3.36. The van der Waals surface area contributed by atoms with E-state index in [1.807, 2.05) is 0 Å². The molecule has 2 aliphatic rings. The topological polar surface area (TPSA) is 48.8 Å². The molecule has 2 heterocycles. The Morgan fingerprint density at radius 1 is 1.35 bits per heavy atom. The number of aromatic nitrogens is 1. The molecule has 1 saturated heterocycles. The lowest BCUT2D eigenvalue weighted by atomic mass is 9.57. The highest BCUT2D eigenvalue weighted by Crippen LogP contribution is 2.49. The van der Waals surface area contributed by atoms with Crippen molar-refractivity contribution in [3.05, 3.63) is 24.0 Å². The molecular weight excluding hydrogens is 287 g/mol. The maximum Gasteiger partial charge on any atom is 0.456 e. The summed E-state index contributed by atoms with van der Waals surface area (Å²) in [5, 5.41) is 3.28. The summed E-state index contributed by atoms with van der Waals surface area (Å²) in [5.74, 6) is 0.604. The molecule has 1 aliphatic heterocycles. The van der Waals surface area contributed by atoms with Gasteiger partial charge in [-0.05, 0) is 42.7 Å². The molecule has 0 radical (unpaired) electrons. The van der Waals surface area contributed by atoms with Crippen molar-refractivity contribution in [3.8, 4) is 0 Å². The largest absolute Gasteiger partial charge is 0.456 e. The first kappa shape index (κ1) is 14.0. The average Bonchev–Trinajstić information content (AvgIpc) is 2.29. The fraction of sp³-hybridized carbons (Fsp3) is 0.615. The standard InChI is InChI=1S/C13H16F3N3S/c14-13(15,16)20(17)11-2-1-10(19-6-11)3-9-4-12(5-9)7-18-8-12/h1-2,6,9,17-18H,3-5,7-8H2. The zero-order valence-corrected chi connectivity index (χ0v) is 11.7. The Hall–Kier alpha value is -0.950. The molecule has 0 bridgehead atoms. The minimum atomic E-state index is -4.50. The molecule has 1 aliphatic carbocycles. The first-order valence-corrected chi connectivity index (χ1v) is 7.78. The summed E-state index contributed by atoms with van der Waals surface area (Å²) in [7, 11) is -2.48. The van der Waals surface area contributed by atoms with E-state index in [-0.39, 0.29) is 4.90 Å². The molecule has 0 amide bonds. The molecule has 1 atom stereocenters. The zero-order chi connectivity index (χ0) is 14.4. The van der Waals surface area contributed by atoms with E-state index in [2.05, 4.69) is 10.3 Å². The van der Waals surface area contributed by atoms with Gasteiger partial charge in [0.1, 0.15) is 0 Å². The van der Waals surface area contributed by atoms with Gasteiger partial charge in [-0.1, -0.05) is 0 Å². The van der Waals surface area contributed by atoms with Gasteiger partial charge in [-0.2, -0.15) is 13.2 Å². The van der Waals surface area contributed by atoms with Crippen LogP contribution in [0.1, 0.15) is 18.5 Å². The molecule has 3 rings (SSSR count). The van der Waals surface area contributed by atoms with Crippen LogP contribution in [-0.2, 0) is 17.1 Å². The minimum Gasteiger partial charge on any atom is -0.316 e. The van der Waals surface area contributed by atoms with Crippen molar-refractivity contribution in [1.82, 2.24) is 10.3 Å². The monoisotopic (exact) mass is 303 g/mol. The summed E-state index contributed by atoms with van der Waals surface area (Å²) in [6.07, 6.45) is 4.42. The van der Waals surface area contributed by atoms with Crippen LogP contribution in [-0.4, -0.2) is 23.6 Å². The molecule has 1 aromatic heterocycles. The Labute approximate surface area is 117 Å². The Morgan fingerprint density at radius 3 is 2.50 bits per heavy atom. The van der Waals surface area contributed by atoms with E-state index < -0.39 is 16.2 Å². The molecule has 1 saturated carbocycles. The van der Waals surface area contributed by atoms with Crippen molar-refractivity contribution < 1.29 is 13.2 Å². The molecule has 2 N–H and O–H groups in total. The van der Waals surface area contributed by atoms with Crippen molar-refractivity contribution >= 4 is 10.7 Å². The highest BCUT2D eigenvalue weighted by Gasteiger charge is 2.48. The average molecular weight is 303 g/mol. The highest BCUT2D eigenvalue weighted by molar-refractivity contribution is 7.87. The van der Waals surface area contributed by atoms with Crippen LogP contribution in [0.15, 0.2) is 23.2 Å². The maximum absolute atomic E-state index is 12.4. The van der Waals surface area contributed by atoms with Gasteiger partial charge >= 0.3 is 5.51 Å². The Morgan fingerprint density at radius 2 is 2.05 bits per heavy atom. The molecule has 110 valence electrons. The second-order valence-electron chi connectivity index (χ2n) is 5.82. The van der Waals surface area contributed by atoms with Crippen LogP contribution in [0.5, 0.6) is 0 Å². The number of nitrogens with zero attached hydrogens (tertiary/aromatic N) is 1. The van der Waals surface area contributed by atoms with Gasteiger partial charge in [0, 0.05) is 40.6 Å². The first-order valence-electron chi connectivity index (χ1n) is 6.56. The number of halogens is 3. The number of hydrogen-bond donors (Lipinski definition) is 2. The van der Waals surface area contributed by atoms with E-state index in [0.717, 1.165) is 25.2 Å². The highest BCUT2D eigenvalue weighted by atomic mass is 32.2. The summed E-state index contributed by atoms with van der Waals surface area (Å²) in [5.41, 5.74) is -3.16. The Balaban J connectivity index is 1.58. The predicted octanol–water partition coefficient (Wildman–Crippen LogP) is 2.88. The molecule has 7 heteroatoms. The minimum absolute atomic E-state index is 0.0606. The third-order valence-corrected chi connectivity index (χ3v) is 5.38. The van der Waals surface area contributed by atoms with E-state index in [0.29, 0.717) is 11.3 Å². The van der Waals surface area contributed by atoms with Crippen molar-refractivity contribution in [3.63, 3.8) is 0 Å². The summed E-state index contributed by atoms with van der Waals surface area (Å²) in [6.45, 7) is 2.20. The maximum atomic E-state index is 12.4. The quantitative estimate of drug-likeness (QED) is 0.902. The molecule has 20 heavy (non-hydrogen) atoms. The summed E-state index contributed by atoms with van der Waals surface area (Å²) < 4.78 is 44.5. The van der Waals surface area contributed by atoms with Crippen LogP contribution in [0.2, 0.25) is 0 Å². The molecular formula is C13H16F3N3S. The van der Waals surface area contributed by atoms with Gasteiger partial charge in [0.15, 0.2) is 0 Å².